The first-order valence-corrected chi connectivity index (χ1v) is 10.7. The summed E-state index contributed by atoms with van der Waals surface area (Å²) < 4.78 is 0. The molecule has 3 aromatic rings. The van der Waals surface area contributed by atoms with Gasteiger partial charge in [-0.15, -0.1) is 0 Å². The number of benzene rings is 3. The molecule has 1 aliphatic heterocycles. The zero-order chi connectivity index (χ0) is 21.3. The summed E-state index contributed by atoms with van der Waals surface area (Å²) in [6.07, 6.45) is 1.68. The lowest BCUT2D eigenvalue weighted by atomic mass is 10.0. The Labute approximate surface area is 184 Å². The Kier molecular flexibility index (Phi) is 7.21. The molecule has 1 saturated heterocycles. The highest BCUT2D eigenvalue weighted by Crippen LogP contribution is 2.18. The van der Waals surface area contributed by atoms with Crippen LogP contribution in [0.4, 0.5) is 0 Å². The lowest BCUT2D eigenvalue weighted by Gasteiger charge is -2.34. The Morgan fingerprint density at radius 1 is 0.774 bits per heavy atom. The van der Waals surface area contributed by atoms with Gasteiger partial charge >= 0.3 is 0 Å². The quantitative estimate of drug-likeness (QED) is 0.476. The van der Waals surface area contributed by atoms with Crippen molar-refractivity contribution in [2.24, 2.45) is 5.10 Å². The van der Waals surface area contributed by atoms with E-state index in [9.17, 15) is 4.79 Å². The summed E-state index contributed by atoms with van der Waals surface area (Å²) in [5.74, 6) is -0.0753. The number of hydrogen-bond acceptors (Lipinski definition) is 4. The van der Waals surface area contributed by atoms with Crippen LogP contribution >= 0.6 is 0 Å². The van der Waals surface area contributed by atoms with Crippen molar-refractivity contribution in [3.8, 4) is 11.1 Å². The zero-order valence-electron chi connectivity index (χ0n) is 17.7. The van der Waals surface area contributed by atoms with Gasteiger partial charge in [-0.3, -0.25) is 14.6 Å². The van der Waals surface area contributed by atoms with Crippen molar-refractivity contribution in [2.75, 3.05) is 32.7 Å². The SMILES string of the molecule is O=C(CN1CCN(Cc2ccccc2)CC1)NN=Cc1ccc(-c2ccccc2)cc1. The van der Waals surface area contributed by atoms with Crippen LogP contribution in [-0.4, -0.2) is 54.6 Å². The second-order valence-electron chi connectivity index (χ2n) is 7.82. The van der Waals surface area contributed by atoms with Crippen LogP contribution in [0.1, 0.15) is 11.1 Å². The van der Waals surface area contributed by atoms with Crippen LogP contribution in [0.5, 0.6) is 0 Å². The van der Waals surface area contributed by atoms with E-state index in [-0.39, 0.29) is 5.91 Å². The van der Waals surface area contributed by atoms with Crippen LogP contribution in [0.25, 0.3) is 11.1 Å². The van der Waals surface area contributed by atoms with Gasteiger partial charge in [0.15, 0.2) is 0 Å². The Balaban J connectivity index is 1.19. The lowest BCUT2D eigenvalue weighted by Crippen LogP contribution is -2.48. The van der Waals surface area contributed by atoms with Gasteiger partial charge in [0.25, 0.3) is 5.91 Å². The average Bonchev–Trinajstić information content (AvgIpc) is 2.82. The lowest BCUT2D eigenvalue weighted by molar-refractivity contribution is -0.122. The first-order chi connectivity index (χ1) is 15.3. The van der Waals surface area contributed by atoms with E-state index in [1.54, 1.807) is 6.21 Å². The monoisotopic (exact) mass is 412 g/mol. The van der Waals surface area contributed by atoms with E-state index in [0.29, 0.717) is 6.54 Å². The maximum atomic E-state index is 12.2. The number of piperazine rings is 1. The number of hydrogen-bond donors (Lipinski definition) is 1. The first kappa shape index (κ1) is 21.0. The molecular weight excluding hydrogens is 384 g/mol. The van der Waals surface area contributed by atoms with Crippen LogP contribution in [0.15, 0.2) is 90.0 Å². The minimum atomic E-state index is -0.0753. The molecular formula is C26H28N4O. The molecule has 0 atom stereocenters. The molecule has 0 aliphatic carbocycles. The second-order valence-corrected chi connectivity index (χ2v) is 7.82. The molecule has 158 valence electrons. The Bertz CT molecular complexity index is 979. The van der Waals surface area contributed by atoms with Crippen molar-refractivity contribution < 1.29 is 4.79 Å². The molecule has 4 rings (SSSR count). The van der Waals surface area contributed by atoms with Crippen LogP contribution in [0.3, 0.4) is 0 Å². The van der Waals surface area contributed by atoms with Crippen LogP contribution < -0.4 is 5.43 Å². The van der Waals surface area contributed by atoms with E-state index < -0.39 is 0 Å². The summed E-state index contributed by atoms with van der Waals surface area (Å²) in [4.78, 5) is 16.8. The predicted molar refractivity (Wildman–Crippen MR) is 126 cm³/mol. The van der Waals surface area contributed by atoms with Crippen molar-refractivity contribution in [3.63, 3.8) is 0 Å². The van der Waals surface area contributed by atoms with Crippen molar-refractivity contribution in [3.05, 3.63) is 96.1 Å². The molecule has 0 aromatic heterocycles. The van der Waals surface area contributed by atoms with E-state index >= 15 is 0 Å². The molecule has 1 amide bonds. The fourth-order valence-electron chi connectivity index (χ4n) is 3.76. The molecule has 1 fully saturated rings. The molecule has 0 unspecified atom stereocenters. The van der Waals surface area contributed by atoms with Crippen molar-refractivity contribution in [1.82, 2.24) is 15.2 Å². The summed E-state index contributed by atoms with van der Waals surface area (Å²) in [6, 6.07) is 28.9. The van der Waals surface area contributed by atoms with Gasteiger partial charge in [-0.2, -0.15) is 5.10 Å². The molecule has 1 aliphatic rings. The van der Waals surface area contributed by atoms with Gasteiger partial charge in [0.1, 0.15) is 0 Å². The number of nitrogens with one attached hydrogen (secondary N) is 1. The van der Waals surface area contributed by atoms with Gasteiger partial charge in [0.05, 0.1) is 12.8 Å². The third-order valence-electron chi connectivity index (χ3n) is 5.50. The summed E-state index contributed by atoms with van der Waals surface area (Å²) in [5, 5.41) is 4.12. The summed E-state index contributed by atoms with van der Waals surface area (Å²) in [6.45, 7) is 5.08. The van der Waals surface area contributed by atoms with E-state index in [1.807, 2.05) is 36.4 Å². The van der Waals surface area contributed by atoms with Gasteiger partial charge < -0.3 is 0 Å². The summed E-state index contributed by atoms with van der Waals surface area (Å²) >= 11 is 0. The molecule has 0 saturated carbocycles. The Morgan fingerprint density at radius 2 is 1.35 bits per heavy atom. The van der Waals surface area contributed by atoms with Gasteiger partial charge in [-0.1, -0.05) is 84.9 Å². The number of rotatable bonds is 7. The van der Waals surface area contributed by atoms with Gasteiger partial charge in [-0.25, -0.2) is 5.43 Å². The molecule has 5 heteroatoms. The molecule has 1 N–H and O–H groups in total. The molecule has 0 bridgehead atoms. The molecule has 0 radical (unpaired) electrons. The highest BCUT2D eigenvalue weighted by Gasteiger charge is 2.18. The van der Waals surface area contributed by atoms with Gasteiger partial charge in [0.2, 0.25) is 0 Å². The smallest absolute Gasteiger partial charge is 0.254 e. The largest absolute Gasteiger partial charge is 0.297 e. The van der Waals surface area contributed by atoms with E-state index in [0.717, 1.165) is 43.9 Å². The Hall–Kier alpha value is -3.28. The fourth-order valence-corrected chi connectivity index (χ4v) is 3.76. The third kappa shape index (κ3) is 6.35. The first-order valence-electron chi connectivity index (χ1n) is 10.7. The third-order valence-corrected chi connectivity index (χ3v) is 5.50. The average molecular weight is 413 g/mol. The minimum absolute atomic E-state index is 0.0753. The molecule has 31 heavy (non-hydrogen) atoms. The van der Waals surface area contributed by atoms with Crippen LogP contribution in [0, 0.1) is 0 Å². The fraction of sp³-hybridized carbons (Fsp3) is 0.231. The Morgan fingerprint density at radius 3 is 2.03 bits per heavy atom. The van der Waals surface area contributed by atoms with Crippen molar-refractivity contribution in [2.45, 2.75) is 6.54 Å². The highest BCUT2D eigenvalue weighted by atomic mass is 16.2. The minimum Gasteiger partial charge on any atom is -0.297 e. The van der Waals surface area contributed by atoms with E-state index in [1.165, 1.54) is 11.1 Å². The number of amides is 1. The summed E-state index contributed by atoms with van der Waals surface area (Å²) in [5.41, 5.74) is 7.28. The highest BCUT2D eigenvalue weighted by molar-refractivity contribution is 5.83. The van der Waals surface area contributed by atoms with Crippen molar-refractivity contribution in [1.29, 1.82) is 0 Å². The van der Waals surface area contributed by atoms with E-state index in [4.69, 9.17) is 0 Å². The van der Waals surface area contributed by atoms with Crippen LogP contribution in [0.2, 0.25) is 0 Å². The molecule has 3 aromatic carbocycles. The molecule has 0 spiro atoms. The van der Waals surface area contributed by atoms with Gasteiger partial charge in [0, 0.05) is 32.7 Å². The molecule has 1 heterocycles. The number of carbonyl (C=O) groups is 1. The maximum absolute atomic E-state index is 12.2. The standard InChI is InChI=1S/C26H28N4O/c31-26(21-30-17-15-29(16-18-30)20-23-7-3-1-4-8-23)28-27-19-22-11-13-25(14-12-22)24-9-5-2-6-10-24/h1-14,19H,15-18,20-21H2,(H,28,31). The van der Waals surface area contributed by atoms with Crippen molar-refractivity contribution >= 4 is 12.1 Å². The number of carbonyl (C=O) groups excluding carboxylic acids is 1. The van der Waals surface area contributed by atoms with Crippen LogP contribution in [-0.2, 0) is 11.3 Å². The second kappa shape index (κ2) is 10.7. The number of nitrogens with zero attached hydrogens (tertiary/aromatic N) is 3. The predicted octanol–water partition coefficient (Wildman–Crippen LogP) is 3.62. The van der Waals surface area contributed by atoms with Gasteiger partial charge in [-0.05, 0) is 22.3 Å². The number of hydrazone groups is 1. The normalized spacial score (nSPS) is 15.2. The topological polar surface area (TPSA) is 47.9 Å². The summed E-state index contributed by atoms with van der Waals surface area (Å²) in [7, 11) is 0. The zero-order valence-corrected chi connectivity index (χ0v) is 17.7. The maximum Gasteiger partial charge on any atom is 0.254 e. The van der Waals surface area contributed by atoms with E-state index in [2.05, 4.69) is 68.9 Å². The molecule has 5 nitrogen and oxygen atoms in total.